The normalized spacial score (nSPS) is 11.8. The number of carbonyl (C=O) groups excluding carboxylic acids is 1. The molecule has 0 unspecified atom stereocenters. The number of benzene rings is 2. The van der Waals surface area contributed by atoms with E-state index in [1.165, 1.54) is 13.3 Å². The maximum absolute atomic E-state index is 13.1. The van der Waals surface area contributed by atoms with Gasteiger partial charge in [-0.3, -0.25) is 4.79 Å². The number of Topliss-reactive ketones (excluding diaryl/α,β-unsaturated/α-hetero) is 1. The fourth-order valence-electron chi connectivity index (χ4n) is 2.94. The molecule has 0 fully saturated rings. The molecular formula is C19H15ClF3NO2. The van der Waals surface area contributed by atoms with Crippen LogP contribution in [-0.2, 0) is 12.6 Å². The maximum atomic E-state index is 13.1. The zero-order valence-corrected chi connectivity index (χ0v) is 14.8. The average Bonchev–Trinajstić information content (AvgIpc) is 3.00. The summed E-state index contributed by atoms with van der Waals surface area (Å²) < 4.78 is 44.5. The van der Waals surface area contributed by atoms with Crippen molar-refractivity contribution in [3.05, 3.63) is 63.8 Å². The van der Waals surface area contributed by atoms with E-state index in [4.69, 9.17) is 16.3 Å². The summed E-state index contributed by atoms with van der Waals surface area (Å²) in [6.07, 6.45) is -3.04. The van der Waals surface area contributed by atoms with Crippen molar-refractivity contribution in [2.24, 2.45) is 0 Å². The Bertz CT molecular complexity index is 992. The molecule has 0 radical (unpaired) electrons. The molecule has 7 heteroatoms. The first-order valence-corrected chi connectivity index (χ1v) is 8.13. The first kappa shape index (κ1) is 18.3. The number of ketones is 1. The highest BCUT2D eigenvalue weighted by Gasteiger charge is 2.31. The van der Waals surface area contributed by atoms with Crippen LogP contribution in [0.4, 0.5) is 13.2 Å². The minimum absolute atomic E-state index is 0.0113. The number of hydrogen-bond donors (Lipinski definition) is 1. The van der Waals surface area contributed by atoms with Gasteiger partial charge < -0.3 is 9.72 Å². The predicted octanol–water partition coefficient (Wildman–Crippen LogP) is 5.58. The average molecular weight is 382 g/mol. The molecule has 0 atom stereocenters. The minimum Gasteiger partial charge on any atom is -0.496 e. The lowest BCUT2D eigenvalue weighted by Gasteiger charge is -2.10. The summed E-state index contributed by atoms with van der Waals surface area (Å²) in [4.78, 5) is 15.6. The van der Waals surface area contributed by atoms with Gasteiger partial charge in [0.05, 0.1) is 12.7 Å². The summed E-state index contributed by atoms with van der Waals surface area (Å²) in [6, 6.07) is 6.96. The molecule has 0 aliphatic carbocycles. The highest BCUT2D eigenvalue weighted by atomic mass is 35.5. The van der Waals surface area contributed by atoms with Gasteiger partial charge in [0.2, 0.25) is 0 Å². The van der Waals surface area contributed by atoms with Crippen LogP contribution in [-0.4, -0.2) is 17.9 Å². The summed E-state index contributed by atoms with van der Waals surface area (Å²) >= 11 is 5.91. The lowest BCUT2D eigenvalue weighted by atomic mass is 9.99. The van der Waals surface area contributed by atoms with E-state index in [1.807, 2.05) is 0 Å². The lowest BCUT2D eigenvalue weighted by Crippen LogP contribution is -2.07. The zero-order chi connectivity index (χ0) is 19.1. The van der Waals surface area contributed by atoms with E-state index < -0.39 is 11.7 Å². The van der Waals surface area contributed by atoms with E-state index >= 15 is 0 Å². The standard InChI is InChI=1S/C19H15ClF3NO2/c1-10-5-12(19(21,22)23)7-14-15(9-24-18(10)14)16(25)6-11-3-4-13(20)8-17(11)26-2/h3-5,7-9,24H,6H2,1-2H3. The van der Waals surface area contributed by atoms with Gasteiger partial charge in [-0.25, -0.2) is 0 Å². The van der Waals surface area contributed by atoms with Gasteiger partial charge in [0, 0.05) is 39.7 Å². The molecule has 3 nitrogen and oxygen atoms in total. The van der Waals surface area contributed by atoms with Crippen LogP contribution in [0.1, 0.15) is 27.0 Å². The molecule has 0 aliphatic rings. The van der Waals surface area contributed by atoms with Crippen molar-refractivity contribution in [3.63, 3.8) is 0 Å². The highest BCUT2D eigenvalue weighted by molar-refractivity contribution is 6.30. The Morgan fingerprint density at radius 1 is 1.23 bits per heavy atom. The van der Waals surface area contributed by atoms with Crippen LogP contribution in [0.25, 0.3) is 10.9 Å². The largest absolute Gasteiger partial charge is 0.496 e. The third kappa shape index (κ3) is 3.42. The Morgan fingerprint density at radius 3 is 2.62 bits per heavy atom. The quantitative estimate of drug-likeness (QED) is 0.599. The molecule has 3 aromatic rings. The third-order valence-electron chi connectivity index (χ3n) is 4.21. The third-order valence-corrected chi connectivity index (χ3v) is 4.45. The molecule has 0 saturated carbocycles. The number of carbonyl (C=O) groups is 1. The topological polar surface area (TPSA) is 42.1 Å². The Hall–Kier alpha value is -2.47. The summed E-state index contributed by atoms with van der Waals surface area (Å²) in [7, 11) is 1.46. The molecule has 2 aromatic carbocycles. The van der Waals surface area contributed by atoms with Crippen LogP contribution in [0.5, 0.6) is 5.75 Å². The number of alkyl halides is 3. The lowest BCUT2D eigenvalue weighted by molar-refractivity contribution is -0.137. The van der Waals surface area contributed by atoms with E-state index in [9.17, 15) is 18.0 Å². The van der Waals surface area contributed by atoms with Crippen molar-refractivity contribution >= 4 is 28.3 Å². The molecule has 1 aromatic heterocycles. The fraction of sp³-hybridized carbons (Fsp3) is 0.211. The molecule has 136 valence electrons. The summed E-state index contributed by atoms with van der Waals surface area (Å²) in [6.45, 7) is 1.57. The van der Waals surface area contributed by atoms with Crippen molar-refractivity contribution < 1.29 is 22.7 Å². The number of halogens is 4. The molecule has 0 amide bonds. The number of aromatic amines is 1. The Morgan fingerprint density at radius 2 is 1.96 bits per heavy atom. The number of nitrogens with one attached hydrogen (secondary N) is 1. The van der Waals surface area contributed by atoms with Crippen molar-refractivity contribution in [2.45, 2.75) is 19.5 Å². The number of fused-ring (bicyclic) bond motifs is 1. The molecule has 26 heavy (non-hydrogen) atoms. The second-order valence-electron chi connectivity index (χ2n) is 5.97. The number of rotatable bonds is 4. The molecule has 0 saturated heterocycles. The molecule has 1 N–H and O–H groups in total. The Labute approximate surface area is 152 Å². The zero-order valence-electron chi connectivity index (χ0n) is 14.0. The van der Waals surface area contributed by atoms with Crippen LogP contribution >= 0.6 is 11.6 Å². The first-order valence-electron chi connectivity index (χ1n) is 7.75. The van der Waals surface area contributed by atoms with Crippen molar-refractivity contribution in [1.82, 2.24) is 4.98 Å². The van der Waals surface area contributed by atoms with Crippen LogP contribution in [0.15, 0.2) is 36.5 Å². The highest BCUT2D eigenvalue weighted by Crippen LogP contribution is 2.34. The van der Waals surface area contributed by atoms with E-state index in [0.717, 1.165) is 12.1 Å². The second kappa shape index (κ2) is 6.68. The molecule has 0 aliphatic heterocycles. The van der Waals surface area contributed by atoms with E-state index in [0.29, 0.717) is 27.4 Å². The fourth-order valence-corrected chi connectivity index (χ4v) is 3.10. The van der Waals surface area contributed by atoms with Crippen molar-refractivity contribution in [2.75, 3.05) is 7.11 Å². The van der Waals surface area contributed by atoms with Crippen LogP contribution < -0.4 is 4.74 Å². The Kier molecular flexibility index (Phi) is 4.71. The van der Waals surface area contributed by atoms with E-state index in [1.54, 1.807) is 25.1 Å². The predicted molar refractivity (Wildman–Crippen MR) is 94.1 cm³/mol. The number of aryl methyl sites for hydroxylation is 1. The van der Waals surface area contributed by atoms with Gasteiger partial charge in [-0.1, -0.05) is 17.7 Å². The second-order valence-corrected chi connectivity index (χ2v) is 6.41. The maximum Gasteiger partial charge on any atom is 0.416 e. The van der Waals surface area contributed by atoms with E-state index in [-0.39, 0.29) is 23.2 Å². The summed E-state index contributed by atoms with van der Waals surface area (Å²) in [5, 5.41) is 0.728. The van der Waals surface area contributed by atoms with Crippen molar-refractivity contribution in [1.29, 1.82) is 0 Å². The summed E-state index contributed by atoms with van der Waals surface area (Å²) in [5.41, 5.74) is 0.994. The monoisotopic (exact) mass is 381 g/mol. The molecule has 0 spiro atoms. The number of hydrogen-bond acceptors (Lipinski definition) is 2. The number of aromatic nitrogens is 1. The van der Waals surface area contributed by atoms with Crippen LogP contribution in [0, 0.1) is 6.92 Å². The van der Waals surface area contributed by atoms with Crippen LogP contribution in [0.2, 0.25) is 5.02 Å². The molecule has 1 heterocycles. The van der Waals surface area contributed by atoms with Gasteiger partial charge in [-0.15, -0.1) is 0 Å². The number of ether oxygens (including phenoxy) is 1. The SMILES string of the molecule is COc1cc(Cl)ccc1CC(=O)c1c[nH]c2c(C)cc(C(F)(F)F)cc12. The summed E-state index contributed by atoms with van der Waals surface area (Å²) in [5.74, 6) is 0.147. The molecular weight excluding hydrogens is 367 g/mol. The van der Waals surface area contributed by atoms with Crippen LogP contribution in [0.3, 0.4) is 0 Å². The Balaban J connectivity index is 2.03. The van der Waals surface area contributed by atoms with Gasteiger partial charge in [-0.05, 0) is 36.8 Å². The smallest absolute Gasteiger partial charge is 0.416 e. The first-order chi connectivity index (χ1) is 12.2. The van der Waals surface area contributed by atoms with Gasteiger partial charge in [0.25, 0.3) is 0 Å². The van der Waals surface area contributed by atoms with Crippen molar-refractivity contribution in [3.8, 4) is 5.75 Å². The number of H-pyrrole nitrogens is 1. The minimum atomic E-state index is -4.48. The van der Waals surface area contributed by atoms with Gasteiger partial charge in [0.15, 0.2) is 5.78 Å². The number of methoxy groups -OCH3 is 1. The van der Waals surface area contributed by atoms with E-state index in [2.05, 4.69) is 4.98 Å². The van der Waals surface area contributed by atoms with Gasteiger partial charge in [0.1, 0.15) is 5.75 Å². The van der Waals surface area contributed by atoms with Gasteiger partial charge in [-0.2, -0.15) is 13.2 Å². The molecule has 3 rings (SSSR count). The van der Waals surface area contributed by atoms with Gasteiger partial charge >= 0.3 is 6.18 Å². The molecule has 0 bridgehead atoms.